The van der Waals surface area contributed by atoms with Gasteiger partial charge in [0.25, 0.3) is 0 Å². The highest BCUT2D eigenvalue weighted by molar-refractivity contribution is 4.91. The zero-order valence-electron chi connectivity index (χ0n) is 13.4. The number of hydrogen-bond acceptors (Lipinski definition) is 4. The minimum absolute atomic E-state index is 0.390. The lowest BCUT2D eigenvalue weighted by molar-refractivity contribution is -0.0210. The lowest BCUT2D eigenvalue weighted by Crippen LogP contribution is -2.45. The molecule has 118 valence electrons. The van der Waals surface area contributed by atoms with Crippen molar-refractivity contribution in [1.82, 2.24) is 19.4 Å². The van der Waals surface area contributed by atoms with Crippen molar-refractivity contribution in [3.05, 3.63) is 18.2 Å². The third-order valence-electron chi connectivity index (χ3n) is 4.86. The summed E-state index contributed by atoms with van der Waals surface area (Å²) in [5.41, 5.74) is 0. The number of imidazole rings is 1. The van der Waals surface area contributed by atoms with Crippen LogP contribution in [-0.2, 0) is 11.3 Å². The second-order valence-electron chi connectivity index (χ2n) is 6.44. The molecule has 2 aliphatic heterocycles. The van der Waals surface area contributed by atoms with Crippen LogP contribution in [0.1, 0.15) is 25.6 Å². The van der Waals surface area contributed by atoms with Gasteiger partial charge in [-0.2, -0.15) is 0 Å². The summed E-state index contributed by atoms with van der Waals surface area (Å²) in [4.78, 5) is 9.55. The van der Waals surface area contributed by atoms with E-state index in [2.05, 4.69) is 39.4 Å². The van der Waals surface area contributed by atoms with E-state index in [-0.39, 0.29) is 0 Å². The summed E-state index contributed by atoms with van der Waals surface area (Å²) >= 11 is 0. The van der Waals surface area contributed by atoms with E-state index in [1.807, 2.05) is 6.20 Å². The Labute approximate surface area is 127 Å². The van der Waals surface area contributed by atoms with Gasteiger partial charge in [-0.15, -0.1) is 0 Å². The van der Waals surface area contributed by atoms with Crippen LogP contribution in [0, 0.1) is 6.92 Å². The number of rotatable bonds is 5. The van der Waals surface area contributed by atoms with Gasteiger partial charge in [0, 0.05) is 51.2 Å². The van der Waals surface area contributed by atoms with Crippen molar-refractivity contribution in [2.45, 2.75) is 45.4 Å². The van der Waals surface area contributed by atoms with Crippen LogP contribution in [0.5, 0.6) is 0 Å². The largest absolute Gasteiger partial charge is 0.376 e. The molecule has 1 aromatic heterocycles. The lowest BCUT2D eigenvalue weighted by Gasteiger charge is -2.33. The molecule has 0 aliphatic carbocycles. The number of aryl methyl sites for hydroxylation is 1. The van der Waals surface area contributed by atoms with Crippen molar-refractivity contribution in [1.29, 1.82) is 0 Å². The van der Waals surface area contributed by atoms with Gasteiger partial charge in [0.05, 0.1) is 12.7 Å². The Morgan fingerprint density at radius 3 is 3.00 bits per heavy atom. The van der Waals surface area contributed by atoms with Gasteiger partial charge in [-0.3, -0.25) is 9.80 Å². The van der Waals surface area contributed by atoms with Crippen LogP contribution < -0.4 is 0 Å². The Kier molecular flexibility index (Phi) is 4.93. The molecule has 2 fully saturated rings. The van der Waals surface area contributed by atoms with E-state index in [0.717, 1.165) is 32.1 Å². The number of aromatic nitrogens is 2. The van der Waals surface area contributed by atoms with Crippen LogP contribution in [0.3, 0.4) is 0 Å². The molecule has 0 saturated carbocycles. The minimum atomic E-state index is 0.390. The van der Waals surface area contributed by atoms with E-state index in [4.69, 9.17) is 4.74 Å². The molecule has 3 heterocycles. The summed E-state index contributed by atoms with van der Waals surface area (Å²) in [5, 5.41) is 0. The molecule has 0 bridgehead atoms. The molecular weight excluding hydrogens is 264 g/mol. The average Bonchev–Trinajstić information content (AvgIpc) is 3.07. The maximum absolute atomic E-state index is 5.62. The standard InChI is InChI=1S/C16H28N4O/c1-14-12-18(10-11-21-14)8-9-19-6-3-4-16(19)13-20-7-5-17-15(20)2/h5,7,14,16H,3-4,6,8-13H2,1-2H3. The van der Waals surface area contributed by atoms with Gasteiger partial charge in [0.15, 0.2) is 0 Å². The highest BCUT2D eigenvalue weighted by atomic mass is 16.5. The smallest absolute Gasteiger partial charge is 0.105 e. The van der Waals surface area contributed by atoms with Crippen LogP contribution in [-0.4, -0.2) is 70.8 Å². The summed E-state index contributed by atoms with van der Waals surface area (Å²) in [5.74, 6) is 1.13. The minimum Gasteiger partial charge on any atom is -0.376 e. The van der Waals surface area contributed by atoms with Crippen molar-refractivity contribution in [3.8, 4) is 0 Å². The van der Waals surface area contributed by atoms with E-state index in [9.17, 15) is 0 Å². The van der Waals surface area contributed by atoms with Crippen molar-refractivity contribution < 1.29 is 4.74 Å². The Bertz CT molecular complexity index is 447. The first-order valence-corrected chi connectivity index (χ1v) is 8.28. The lowest BCUT2D eigenvalue weighted by atomic mass is 10.2. The number of morpholine rings is 1. The highest BCUT2D eigenvalue weighted by Crippen LogP contribution is 2.19. The fraction of sp³-hybridized carbons (Fsp3) is 0.812. The summed E-state index contributed by atoms with van der Waals surface area (Å²) in [6.45, 7) is 12.0. The van der Waals surface area contributed by atoms with E-state index in [0.29, 0.717) is 12.1 Å². The van der Waals surface area contributed by atoms with Crippen LogP contribution in [0.4, 0.5) is 0 Å². The highest BCUT2D eigenvalue weighted by Gasteiger charge is 2.26. The summed E-state index contributed by atoms with van der Waals surface area (Å²) in [6.07, 6.45) is 7.05. The Balaban J connectivity index is 1.49. The quantitative estimate of drug-likeness (QED) is 0.821. The first kappa shape index (κ1) is 15.0. The van der Waals surface area contributed by atoms with Gasteiger partial charge in [-0.25, -0.2) is 4.98 Å². The molecule has 21 heavy (non-hydrogen) atoms. The Morgan fingerprint density at radius 2 is 2.24 bits per heavy atom. The molecule has 1 aromatic rings. The van der Waals surface area contributed by atoms with Crippen molar-refractivity contribution in [3.63, 3.8) is 0 Å². The molecule has 2 unspecified atom stereocenters. The predicted octanol–water partition coefficient (Wildman–Crippen LogP) is 1.38. The molecule has 2 saturated heterocycles. The molecule has 2 aliphatic rings. The second-order valence-corrected chi connectivity index (χ2v) is 6.44. The molecular formula is C16H28N4O. The summed E-state index contributed by atoms with van der Waals surface area (Å²) in [6, 6.07) is 0.677. The third kappa shape index (κ3) is 3.84. The van der Waals surface area contributed by atoms with Gasteiger partial charge in [0.1, 0.15) is 5.82 Å². The molecule has 3 rings (SSSR count). The van der Waals surface area contributed by atoms with Gasteiger partial charge in [-0.05, 0) is 33.2 Å². The fourth-order valence-corrected chi connectivity index (χ4v) is 3.58. The van der Waals surface area contributed by atoms with Gasteiger partial charge in [-0.1, -0.05) is 0 Å². The van der Waals surface area contributed by atoms with Crippen LogP contribution >= 0.6 is 0 Å². The van der Waals surface area contributed by atoms with Crippen molar-refractivity contribution in [2.75, 3.05) is 39.3 Å². The van der Waals surface area contributed by atoms with Crippen molar-refractivity contribution in [2.24, 2.45) is 0 Å². The van der Waals surface area contributed by atoms with E-state index in [1.165, 1.54) is 32.5 Å². The zero-order chi connectivity index (χ0) is 14.7. The molecule has 0 N–H and O–H groups in total. The van der Waals surface area contributed by atoms with Gasteiger partial charge < -0.3 is 9.30 Å². The topological polar surface area (TPSA) is 33.5 Å². The fourth-order valence-electron chi connectivity index (χ4n) is 3.58. The first-order valence-electron chi connectivity index (χ1n) is 8.28. The van der Waals surface area contributed by atoms with E-state index >= 15 is 0 Å². The predicted molar refractivity (Wildman–Crippen MR) is 83.4 cm³/mol. The maximum Gasteiger partial charge on any atom is 0.105 e. The number of ether oxygens (including phenoxy) is 1. The SMILES string of the molecule is Cc1nccn1CC1CCCN1CCN1CCOC(C)C1. The monoisotopic (exact) mass is 292 g/mol. The molecule has 0 radical (unpaired) electrons. The molecule has 0 amide bonds. The van der Waals surface area contributed by atoms with Gasteiger partial charge >= 0.3 is 0 Å². The van der Waals surface area contributed by atoms with Crippen LogP contribution in [0.25, 0.3) is 0 Å². The average molecular weight is 292 g/mol. The Morgan fingerprint density at radius 1 is 1.33 bits per heavy atom. The molecule has 5 heteroatoms. The molecule has 0 aromatic carbocycles. The van der Waals surface area contributed by atoms with E-state index < -0.39 is 0 Å². The molecule has 2 atom stereocenters. The third-order valence-corrected chi connectivity index (χ3v) is 4.86. The van der Waals surface area contributed by atoms with E-state index in [1.54, 1.807) is 0 Å². The second kappa shape index (κ2) is 6.90. The molecule has 0 spiro atoms. The first-order chi connectivity index (χ1) is 10.2. The van der Waals surface area contributed by atoms with Crippen molar-refractivity contribution >= 4 is 0 Å². The zero-order valence-corrected chi connectivity index (χ0v) is 13.4. The summed E-state index contributed by atoms with van der Waals surface area (Å²) < 4.78 is 7.91. The van der Waals surface area contributed by atoms with Crippen LogP contribution in [0.15, 0.2) is 12.4 Å². The maximum atomic E-state index is 5.62. The summed E-state index contributed by atoms with van der Waals surface area (Å²) in [7, 11) is 0. The number of likely N-dealkylation sites (tertiary alicyclic amines) is 1. The number of hydrogen-bond donors (Lipinski definition) is 0. The van der Waals surface area contributed by atoms with Crippen LogP contribution in [0.2, 0.25) is 0 Å². The molecule has 5 nitrogen and oxygen atoms in total. The number of nitrogens with zero attached hydrogens (tertiary/aromatic N) is 4. The normalized spacial score (nSPS) is 28.3. The van der Waals surface area contributed by atoms with Gasteiger partial charge in [0.2, 0.25) is 0 Å². The Hall–Kier alpha value is -0.910.